The van der Waals surface area contributed by atoms with Crippen LogP contribution in [0.3, 0.4) is 0 Å². The highest BCUT2D eigenvalue weighted by atomic mass is 16.1. The zero-order chi connectivity index (χ0) is 22.7. The Morgan fingerprint density at radius 3 is 2.10 bits per heavy atom. The van der Waals surface area contributed by atoms with Gasteiger partial charge in [-0.15, -0.1) is 0 Å². The van der Waals surface area contributed by atoms with Crippen LogP contribution in [0, 0.1) is 56.2 Å². The Morgan fingerprint density at radius 2 is 1.39 bits per heavy atom. The van der Waals surface area contributed by atoms with Crippen LogP contribution in [0.2, 0.25) is 0 Å². The number of carbonyl (C=O) groups excluding carboxylic acids is 1. The molecule has 0 aromatic heterocycles. The van der Waals surface area contributed by atoms with Gasteiger partial charge in [-0.2, -0.15) is 0 Å². The monoisotopic (exact) mass is 426 g/mol. The van der Waals surface area contributed by atoms with E-state index >= 15 is 0 Å². The van der Waals surface area contributed by atoms with Crippen LogP contribution in [0.5, 0.6) is 0 Å². The normalized spacial score (nSPS) is 58.5. The predicted molar refractivity (Wildman–Crippen MR) is 130 cm³/mol. The molecule has 0 aromatic carbocycles. The maximum absolute atomic E-state index is 12.7. The quantitative estimate of drug-likeness (QED) is 0.379. The van der Waals surface area contributed by atoms with Crippen molar-refractivity contribution in [2.45, 2.75) is 126 Å². The molecule has 31 heavy (non-hydrogen) atoms. The first-order valence-electron chi connectivity index (χ1n) is 13.8. The fourth-order valence-electron chi connectivity index (χ4n) is 11.0. The van der Waals surface area contributed by atoms with E-state index in [-0.39, 0.29) is 11.3 Å². The van der Waals surface area contributed by atoms with Gasteiger partial charge in [-0.25, -0.2) is 0 Å². The smallest absolute Gasteiger partial charge is 0.136 e. The van der Waals surface area contributed by atoms with E-state index in [0.29, 0.717) is 32.9 Å². The molecule has 5 aliphatic rings. The molecule has 5 rings (SSSR count). The molecule has 0 N–H and O–H groups in total. The molecule has 0 aliphatic heterocycles. The summed E-state index contributed by atoms with van der Waals surface area (Å²) in [6, 6.07) is 0. The summed E-state index contributed by atoms with van der Waals surface area (Å²) >= 11 is 0. The first kappa shape index (κ1) is 22.5. The summed E-state index contributed by atoms with van der Waals surface area (Å²) in [6.45, 7) is 20.7. The Labute approximate surface area is 192 Å². The average molecular weight is 427 g/mol. The van der Waals surface area contributed by atoms with Crippen LogP contribution in [0.4, 0.5) is 0 Å². The summed E-state index contributed by atoms with van der Waals surface area (Å²) in [4.78, 5) is 12.7. The van der Waals surface area contributed by atoms with Gasteiger partial charge in [0.15, 0.2) is 0 Å². The number of hydrogen-bond donors (Lipinski definition) is 0. The molecular formula is C30H50O. The second-order valence-electron chi connectivity index (χ2n) is 15.2. The van der Waals surface area contributed by atoms with Crippen molar-refractivity contribution in [2.24, 2.45) is 56.2 Å². The van der Waals surface area contributed by atoms with Gasteiger partial charge in [0.1, 0.15) is 5.78 Å². The van der Waals surface area contributed by atoms with Crippen LogP contribution in [-0.2, 0) is 4.79 Å². The van der Waals surface area contributed by atoms with Crippen molar-refractivity contribution in [3.63, 3.8) is 0 Å². The number of carbonyl (C=O) groups is 1. The summed E-state index contributed by atoms with van der Waals surface area (Å²) in [7, 11) is 0. The minimum absolute atomic E-state index is 0.225. The van der Waals surface area contributed by atoms with Gasteiger partial charge in [0.2, 0.25) is 0 Å². The van der Waals surface area contributed by atoms with Crippen molar-refractivity contribution >= 4 is 5.78 Å². The Morgan fingerprint density at radius 1 is 0.710 bits per heavy atom. The fraction of sp³-hybridized carbons (Fsp3) is 0.967. The molecule has 0 amide bonds. The molecule has 0 bridgehead atoms. The molecule has 0 saturated heterocycles. The van der Waals surface area contributed by atoms with Crippen molar-refractivity contribution < 1.29 is 4.79 Å². The van der Waals surface area contributed by atoms with Crippen LogP contribution in [0.1, 0.15) is 126 Å². The van der Waals surface area contributed by atoms with E-state index in [0.717, 1.165) is 30.6 Å². The van der Waals surface area contributed by atoms with Crippen molar-refractivity contribution in [1.82, 2.24) is 0 Å². The second-order valence-corrected chi connectivity index (χ2v) is 15.2. The molecule has 176 valence electrons. The Hall–Kier alpha value is -0.330. The summed E-state index contributed by atoms with van der Waals surface area (Å²) in [5.41, 5.74) is 2.59. The van der Waals surface area contributed by atoms with Crippen LogP contribution >= 0.6 is 0 Å². The molecule has 5 aliphatic carbocycles. The first-order valence-corrected chi connectivity index (χ1v) is 13.8. The maximum Gasteiger partial charge on any atom is 0.136 e. The highest BCUT2D eigenvalue weighted by Crippen LogP contribution is 2.79. The average Bonchev–Trinajstić information content (AvgIpc) is 2.69. The summed E-state index contributed by atoms with van der Waals surface area (Å²) in [5, 5.41) is 0. The van der Waals surface area contributed by atoms with Crippen molar-refractivity contribution in [3.8, 4) is 0 Å². The molecular weight excluding hydrogens is 376 g/mol. The van der Waals surface area contributed by atoms with Crippen LogP contribution in [0.25, 0.3) is 0 Å². The van der Waals surface area contributed by atoms with E-state index in [4.69, 9.17) is 0 Å². The van der Waals surface area contributed by atoms with E-state index < -0.39 is 0 Å². The van der Waals surface area contributed by atoms with Gasteiger partial charge in [-0.3, -0.25) is 4.79 Å². The molecule has 0 aromatic rings. The second kappa shape index (κ2) is 6.41. The third-order valence-electron chi connectivity index (χ3n) is 13.9. The van der Waals surface area contributed by atoms with Gasteiger partial charge in [0.05, 0.1) is 0 Å². The number of fused-ring (bicyclic) bond motifs is 7. The van der Waals surface area contributed by atoms with Gasteiger partial charge < -0.3 is 0 Å². The number of ketones is 1. The standard InChI is InChI=1S/C30H50O/c1-20-23(31)9-10-24-27(20,5)16-18-30(8)28(6)17-15-26(4)14-13-25(2,3)19-22(26)21(28)11-12-29(24,30)7/h20-22,24H,9-19H2,1-8H3/t20-,21?,22-,24-,26+,27+,28-,29-,30+/m0/s1. The topological polar surface area (TPSA) is 17.1 Å². The minimum atomic E-state index is 0.225. The summed E-state index contributed by atoms with van der Waals surface area (Å²) < 4.78 is 0. The van der Waals surface area contributed by atoms with E-state index in [1.54, 1.807) is 0 Å². The van der Waals surface area contributed by atoms with Gasteiger partial charge in [-0.05, 0) is 114 Å². The molecule has 5 fully saturated rings. The molecule has 1 heteroatoms. The number of Topliss-reactive ketones (excluding diaryl/α,β-unsaturated/α-hetero) is 1. The van der Waals surface area contributed by atoms with Gasteiger partial charge >= 0.3 is 0 Å². The highest BCUT2D eigenvalue weighted by Gasteiger charge is 2.71. The van der Waals surface area contributed by atoms with Crippen molar-refractivity contribution in [1.29, 1.82) is 0 Å². The molecule has 0 heterocycles. The molecule has 5 saturated carbocycles. The van der Waals surface area contributed by atoms with Crippen LogP contribution in [-0.4, -0.2) is 5.78 Å². The zero-order valence-electron chi connectivity index (χ0n) is 22.0. The van der Waals surface area contributed by atoms with E-state index in [9.17, 15) is 4.79 Å². The van der Waals surface area contributed by atoms with E-state index in [2.05, 4.69) is 55.4 Å². The van der Waals surface area contributed by atoms with Crippen molar-refractivity contribution in [2.75, 3.05) is 0 Å². The Kier molecular flexibility index (Phi) is 4.65. The van der Waals surface area contributed by atoms with Crippen LogP contribution in [0.15, 0.2) is 0 Å². The Bertz CT molecular complexity index is 781. The van der Waals surface area contributed by atoms with Gasteiger partial charge in [-0.1, -0.05) is 55.4 Å². The minimum Gasteiger partial charge on any atom is -0.299 e. The van der Waals surface area contributed by atoms with E-state index in [1.165, 1.54) is 57.8 Å². The summed E-state index contributed by atoms with van der Waals surface area (Å²) in [6.07, 6.45) is 14.6. The van der Waals surface area contributed by atoms with Gasteiger partial charge in [0, 0.05) is 12.3 Å². The highest BCUT2D eigenvalue weighted by molar-refractivity contribution is 5.82. The molecule has 9 atom stereocenters. The SMILES string of the molecule is C[C@H]1C(=O)CC[C@H]2[C@]1(C)CC[C@]1(C)[C@@]3(C)CC[C@@]4(C)CCC(C)(C)C[C@H]4C3CC[C@@]21C. The van der Waals surface area contributed by atoms with Crippen molar-refractivity contribution in [3.05, 3.63) is 0 Å². The molecule has 1 nitrogen and oxygen atoms in total. The first-order chi connectivity index (χ1) is 14.2. The third-order valence-corrected chi connectivity index (χ3v) is 13.9. The molecule has 0 spiro atoms. The van der Waals surface area contributed by atoms with E-state index in [1.807, 2.05) is 0 Å². The lowest BCUT2D eigenvalue weighted by Crippen LogP contribution is -2.68. The molecule has 1 unspecified atom stereocenters. The number of rotatable bonds is 0. The maximum atomic E-state index is 12.7. The summed E-state index contributed by atoms with van der Waals surface area (Å²) in [5.74, 6) is 3.34. The lowest BCUT2D eigenvalue weighted by atomic mass is 9.29. The predicted octanol–water partition coefficient (Wildman–Crippen LogP) is 8.46. The Balaban J connectivity index is 1.55. The molecule has 0 radical (unpaired) electrons. The van der Waals surface area contributed by atoms with Crippen LogP contribution < -0.4 is 0 Å². The largest absolute Gasteiger partial charge is 0.299 e. The zero-order valence-corrected chi connectivity index (χ0v) is 22.0. The third kappa shape index (κ3) is 2.65. The lowest BCUT2D eigenvalue weighted by molar-refractivity contribution is -0.265. The number of hydrogen-bond acceptors (Lipinski definition) is 1. The lowest BCUT2D eigenvalue weighted by Gasteiger charge is -2.75. The fourth-order valence-corrected chi connectivity index (χ4v) is 11.0. The van der Waals surface area contributed by atoms with Gasteiger partial charge in [0.25, 0.3) is 0 Å².